The number of rotatable bonds is 3. The number of nitrogens with one attached hydrogen (secondary N) is 1. The molecule has 1 aromatic heterocycles. The predicted octanol–water partition coefficient (Wildman–Crippen LogP) is 3.47. The zero-order valence-electron chi connectivity index (χ0n) is 13.3. The first kappa shape index (κ1) is 15.5. The Hall–Kier alpha value is -3.04. The van der Waals surface area contributed by atoms with Gasteiger partial charge in [0.25, 0.3) is 5.56 Å². The molecule has 0 saturated heterocycles. The van der Waals surface area contributed by atoms with Crippen LogP contribution in [0.1, 0.15) is 16.8 Å². The quantitative estimate of drug-likeness (QED) is 0.738. The fraction of sp³-hybridized carbons (Fsp3) is 0.105. The molecule has 2 heterocycles. The number of aromatic amines is 1. The summed E-state index contributed by atoms with van der Waals surface area (Å²) in [6.07, 6.45) is 0.646. The molecule has 6 heteroatoms. The maximum Gasteiger partial charge on any atom is 0.272 e. The monoisotopic (exact) mass is 346 g/mol. The van der Waals surface area contributed by atoms with E-state index in [1.807, 2.05) is 42.5 Å². The van der Waals surface area contributed by atoms with E-state index in [4.69, 9.17) is 5.26 Å². The lowest BCUT2D eigenvalue weighted by Crippen LogP contribution is -2.24. The molecule has 0 bridgehead atoms. The van der Waals surface area contributed by atoms with Crippen molar-refractivity contribution in [3.05, 3.63) is 81.8 Å². The zero-order chi connectivity index (χ0) is 17.2. The highest BCUT2D eigenvalue weighted by Crippen LogP contribution is 2.26. The molecule has 0 atom stereocenters. The first-order valence-electron chi connectivity index (χ1n) is 7.83. The van der Waals surface area contributed by atoms with E-state index in [2.05, 4.69) is 16.2 Å². The molecule has 2 aromatic carbocycles. The molecule has 3 aromatic rings. The first-order chi connectivity index (χ1) is 12.2. The Morgan fingerprint density at radius 2 is 2.08 bits per heavy atom. The number of fused-ring (bicyclic) bond motifs is 1. The Balaban J connectivity index is 1.52. The van der Waals surface area contributed by atoms with Crippen molar-refractivity contribution in [2.45, 2.75) is 17.1 Å². The van der Waals surface area contributed by atoms with Crippen LogP contribution in [0.4, 0.5) is 5.69 Å². The van der Waals surface area contributed by atoms with Crippen LogP contribution in [0.3, 0.4) is 0 Å². The van der Waals surface area contributed by atoms with Gasteiger partial charge in [-0.3, -0.25) is 9.89 Å². The Kier molecular flexibility index (Phi) is 4.00. The number of aliphatic imine (C=N–C) groups is 1. The fourth-order valence-electron chi connectivity index (χ4n) is 2.77. The van der Waals surface area contributed by atoms with Crippen molar-refractivity contribution in [1.29, 1.82) is 5.26 Å². The van der Waals surface area contributed by atoms with E-state index >= 15 is 0 Å². The molecule has 4 rings (SSSR count). The average molecular weight is 346 g/mol. The van der Waals surface area contributed by atoms with Gasteiger partial charge in [0.2, 0.25) is 0 Å². The third-order valence-corrected chi connectivity index (χ3v) is 5.02. The van der Waals surface area contributed by atoms with Gasteiger partial charge in [0, 0.05) is 28.8 Å². The normalized spacial score (nSPS) is 12.5. The number of nitrogens with zero attached hydrogens (tertiary/aromatic N) is 3. The molecule has 0 spiro atoms. The topological polar surface area (TPSA) is 73.9 Å². The van der Waals surface area contributed by atoms with E-state index in [9.17, 15) is 4.79 Å². The Labute approximate surface area is 148 Å². The fourth-order valence-corrected chi connectivity index (χ4v) is 3.63. The average Bonchev–Trinajstić information content (AvgIpc) is 3.23. The molecule has 0 radical (unpaired) electrons. The van der Waals surface area contributed by atoms with Gasteiger partial charge in [-0.2, -0.15) is 5.26 Å². The number of benzene rings is 2. The summed E-state index contributed by atoms with van der Waals surface area (Å²) in [7, 11) is 0. The van der Waals surface area contributed by atoms with E-state index in [1.165, 1.54) is 4.68 Å². The summed E-state index contributed by atoms with van der Waals surface area (Å²) >= 11 is 1.58. The van der Waals surface area contributed by atoms with Crippen LogP contribution in [0.15, 0.2) is 69.3 Å². The van der Waals surface area contributed by atoms with E-state index < -0.39 is 0 Å². The number of thioether (sulfide) groups is 1. The van der Waals surface area contributed by atoms with Gasteiger partial charge in [-0.1, -0.05) is 24.3 Å². The second kappa shape index (κ2) is 6.46. The van der Waals surface area contributed by atoms with Crippen molar-refractivity contribution in [3.63, 3.8) is 0 Å². The van der Waals surface area contributed by atoms with Gasteiger partial charge in [0.15, 0.2) is 0 Å². The van der Waals surface area contributed by atoms with Gasteiger partial charge >= 0.3 is 0 Å². The van der Waals surface area contributed by atoms with Crippen molar-refractivity contribution >= 4 is 23.3 Å². The molecule has 1 aliphatic rings. The molecule has 0 aliphatic carbocycles. The molecule has 0 saturated carbocycles. The van der Waals surface area contributed by atoms with Crippen molar-refractivity contribution < 1.29 is 0 Å². The summed E-state index contributed by atoms with van der Waals surface area (Å²) < 4.78 is 1.52. The zero-order valence-corrected chi connectivity index (χ0v) is 14.1. The molecule has 0 fully saturated rings. The number of hydrogen-bond acceptors (Lipinski definition) is 4. The van der Waals surface area contributed by atoms with Gasteiger partial charge < -0.3 is 0 Å². The molecule has 122 valence electrons. The molecule has 5 nitrogen and oxygen atoms in total. The summed E-state index contributed by atoms with van der Waals surface area (Å²) in [4.78, 5) is 17.8. The molecule has 0 unspecified atom stereocenters. The van der Waals surface area contributed by atoms with E-state index in [0.717, 1.165) is 21.8 Å². The van der Waals surface area contributed by atoms with Crippen LogP contribution in [0, 0.1) is 11.3 Å². The Morgan fingerprint density at radius 1 is 1.20 bits per heavy atom. The standard InChI is InChI=1S/C19H14N4OS/c20-11-13-4-3-6-16(8-13)25-12-15-10-19(24)23(22-15)18-9-14-5-1-2-7-17(14)21-18/h1-8,10,22H,9,12H2. The lowest BCUT2D eigenvalue weighted by atomic mass is 10.1. The smallest absolute Gasteiger partial charge is 0.272 e. The lowest BCUT2D eigenvalue weighted by molar-refractivity contribution is 0.868. The van der Waals surface area contributed by atoms with E-state index in [-0.39, 0.29) is 5.56 Å². The molecular formula is C19H14N4OS. The predicted molar refractivity (Wildman–Crippen MR) is 98.4 cm³/mol. The minimum Gasteiger partial charge on any atom is -0.293 e. The van der Waals surface area contributed by atoms with Crippen LogP contribution in [0.2, 0.25) is 0 Å². The third kappa shape index (κ3) is 3.14. The molecular weight excluding hydrogens is 332 g/mol. The Morgan fingerprint density at radius 3 is 2.92 bits per heavy atom. The van der Waals surface area contributed by atoms with Crippen molar-refractivity contribution in [2.75, 3.05) is 0 Å². The number of aromatic nitrogens is 2. The van der Waals surface area contributed by atoms with Gasteiger partial charge in [-0.15, -0.1) is 11.8 Å². The number of para-hydroxylation sites is 1. The highest BCUT2D eigenvalue weighted by atomic mass is 32.2. The Bertz CT molecular complexity index is 1070. The van der Waals surface area contributed by atoms with Crippen LogP contribution < -0.4 is 5.56 Å². The summed E-state index contributed by atoms with van der Waals surface area (Å²) in [5, 5.41) is 12.1. The van der Waals surface area contributed by atoms with Gasteiger partial charge in [0.05, 0.1) is 17.3 Å². The molecule has 1 aliphatic heterocycles. The number of H-pyrrole nitrogens is 1. The minimum atomic E-state index is -0.104. The molecule has 0 amide bonds. The summed E-state index contributed by atoms with van der Waals surface area (Å²) in [6.45, 7) is 0. The van der Waals surface area contributed by atoms with Crippen LogP contribution in [-0.2, 0) is 12.2 Å². The molecule has 1 N–H and O–H groups in total. The highest BCUT2D eigenvalue weighted by molar-refractivity contribution is 7.98. The SMILES string of the molecule is N#Cc1cccc(SCc2cc(=O)n(C3=Nc4ccccc4C3)[nH]2)c1. The second-order valence-corrected chi connectivity index (χ2v) is 6.77. The van der Waals surface area contributed by atoms with Crippen molar-refractivity contribution in [1.82, 2.24) is 9.78 Å². The van der Waals surface area contributed by atoms with Crippen LogP contribution in [0.25, 0.3) is 0 Å². The highest BCUT2D eigenvalue weighted by Gasteiger charge is 2.17. The number of nitriles is 1. The van der Waals surface area contributed by atoms with E-state index in [0.29, 0.717) is 23.6 Å². The first-order valence-corrected chi connectivity index (χ1v) is 8.81. The van der Waals surface area contributed by atoms with Gasteiger partial charge in [0.1, 0.15) is 5.84 Å². The van der Waals surface area contributed by atoms with Crippen molar-refractivity contribution in [2.24, 2.45) is 4.99 Å². The second-order valence-electron chi connectivity index (χ2n) is 5.72. The summed E-state index contributed by atoms with van der Waals surface area (Å²) in [5.74, 6) is 1.34. The minimum absolute atomic E-state index is 0.104. The molecule has 25 heavy (non-hydrogen) atoms. The van der Waals surface area contributed by atoms with Crippen molar-refractivity contribution in [3.8, 4) is 6.07 Å². The van der Waals surface area contributed by atoms with E-state index in [1.54, 1.807) is 23.9 Å². The largest absolute Gasteiger partial charge is 0.293 e. The summed E-state index contributed by atoms with van der Waals surface area (Å²) in [6, 6.07) is 19.1. The number of hydrogen-bond donors (Lipinski definition) is 1. The van der Waals surface area contributed by atoms with Crippen LogP contribution in [0.5, 0.6) is 0 Å². The van der Waals surface area contributed by atoms with Crippen LogP contribution >= 0.6 is 11.8 Å². The lowest BCUT2D eigenvalue weighted by Gasteiger charge is -2.02. The maximum absolute atomic E-state index is 12.3. The summed E-state index contributed by atoms with van der Waals surface area (Å²) in [5.41, 5.74) is 3.41. The van der Waals surface area contributed by atoms with Gasteiger partial charge in [-0.25, -0.2) is 9.67 Å². The van der Waals surface area contributed by atoms with Crippen LogP contribution in [-0.4, -0.2) is 15.6 Å². The maximum atomic E-state index is 12.3. The third-order valence-electron chi connectivity index (χ3n) is 3.98. The van der Waals surface area contributed by atoms with Gasteiger partial charge in [-0.05, 0) is 29.8 Å².